The van der Waals surface area contributed by atoms with Crippen LogP contribution in [0.1, 0.15) is 213 Å². The third kappa shape index (κ3) is 23.0. The summed E-state index contributed by atoms with van der Waals surface area (Å²) in [5, 5.41) is 10.7. The number of aliphatic hydroxyl groups is 1. The number of carbonyl (C=O) groups excluding carboxylic acids is 3. The van der Waals surface area contributed by atoms with Crippen molar-refractivity contribution in [1.29, 1.82) is 0 Å². The van der Waals surface area contributed by atoms with Gasteiger partial charge in [0.25, 0.3) is 0 Å². The fourth-order valence-corrected chi connectivity index (χ4v) is 10.1. The first-order valence-electron chi connectivity index (χ1n) is 25.0. The highest BCUT2D eigenvalue weighted by molar-refractivity contribution is 5.71. The standard InChI is InChI=1S/C53H88O7/c1-3-5-7-9-11-13-15-17-19-21-23-25-27-29-31-33-49(55)58-43-53(42-54,45-60-51(57)41-52-38-46-35-47(39-52)37-48(36-46)40-52)44-59-50(56)34-32-30-28-26-24-22-20-18-16-14-12-10-8-6-4-2/h11-14,17-20,46-48,54H,3-10,15-16,21-45H2,1-2H3/b13-11-,14-12-,19-17-,20-18-. The van der Waals surface area contributed by atoms with Gasteiger partial charge in [-0.15, -0.1) is 0 Å². The number of aliphatic hydroxyl groups excluding tert-OH is 1. The molecule has 0 aromatic carbocycles. The van der Waals surface area contributed by atoms with Gasteiger partial charge in [0.1, 0.15) is 19.8 Å². The molecule has 0 atom stereocenters. The van der Waals surface area contributed by atoms with Crippen LogP contribution in [0.2, 0.25) is 0 Å². The molecule has 0 aromatic rings. The predicted molar refractivity (Wildman–Crippen MR) is 246 cm³/mol. The van der Waals surface area contributed by atoms with E-state index in [1.807, 2.05) is 0 Å². The molecule has 1 N–H and O–H groups in total. The van der Waals surface area contributed by atoms with Gasteiger partial charge in [-0.1, -0.05) is 127 Å². The second-order valence-electron chi connectivity index (χ2n) is 19.2. The molecule has 60 heavy (non-hydrogen) atoms. The van der Waals surface area contributed by atoms with Crippen molar-refractivity contribution < 1.29 is 33.7 Å². The quantitative estimate of drug-likeness (QED) is 0.0288. The number of hydrogen-bond donors (Lipinski definition) is 1. The van der Waals surface area contributed by atoms with Gasteiger partial charge in [0, 0.05) is 12.8 Å². The summed E-state index contributed by atoms with van der Waals surface area (Å²) < 4.78 is 17.3. The van der Waals surface area contributed by atoms with Gasteiger partial charge in [-0.05, 0) is 139 Å². The number of rotatable bonds is 37. The Labute approximate surface area is 367 Å². The molecule has 0 amide bonds. The molecule has 4 bridgehead atoms. The van der Waals surface area contributed by atoms with Crippen LogP contribution in [0.4, 0.5) is 0 Å². The lowest BCUT2D eigenvalue weighted by Crippen LogP contribution is -2.47. The number of hydrogen-bond acceptors (Lipinski definition) is 7. The van der Waals surface area contributed by atoms with E-state index in [1.165, 1.54) is 70.6 Å². The Balaban J connectivity index is 1.35. The van der Waals surface area contributed by atoms with Crippen LogP contribution >= 0.6 is 0 Å². The molecule has 0 spiro atoms. The van der Waals surface area contributed by atoms with Crippen LogP contribution < -0.4 is 0 Å². The molecule has 4 fully saturated rings. The highest BCUT2D eigenvalue weighted by Gasteiger charge is 2.52. The summed E-state index contributed by atoms with van der Waals surface area (Å²) >= 11 is 0. The molecule has 0 heterocycles. The fourth-order valence-electron chi connectivity index (χ4n) is 10.1. The number of allylic oxidation sites excluding steroid dienone is 8. The van der Waals surface area contributed by atoms with Crippen molar-refractivity contribution in [3.63, 3.8) is 0 Å². The van der Waals surface area contributed by atoms with Crippen molar-refractivity contribution in [1.82, 2.24) is 0 Å². The fraction of sp³-hybridized carbons (Fsp3) is 0.792. The third-order valence-electron chi connectivity index (χ3n) is 13.3. The largest absolute Gasteiger partial charge is 0.465 e. The first-order valence-corrected chi connectivity index (χ1v) is 25.0. The maximum Gasteiger partial charge on any atom is 0.306 e. The minimum absolute atomic E-state index is 0.0374. The topological polar surface area (TPSA) is 99.1 Å². The number of carbonyl (C=O) groups is 3. The highest BCUT2D eigenvalue weighted by Crippen LogP contribution is 2.61. The van der Waals surface area contributed by atoms with Crippen molar-refractivity contribution in [2.45, 2.75) is 213 Å². The Morgan fingerprint density at radius 1 is 0.500 bits per heavy atom. The van der Waals surface area contributed by atoms with Crippen LogP contribution in [0.15, 0.2) is 48.6 Å². The number of ether oxygens (including phenoxy) is 3. The minimum Gasteiger partial charge on any atom is -0.465 e. The summed E-state index contributed by atoms with van der Waals surface area (Å²) in [6, 6.07) is 0. The first-order chi connectivity index (χ1) is 29.3. The second kappa shape index (κ2) is 32.1. The minimum atomic E-state index is -1.20. The molecule has 4 saturated carbocycles. The predicted octanol–water partition coefficient (Wildman–Crippen LogP) is 13.8. The van der Waals surface area contributed by atoms with Gasteiger partial charge >= 0.3 is 17.9 Å². The van der Waals surface area contributed by atoms with Crippen LogP contribution in [0.5, 0.6) is 0 Å². The van der Waals surface area contributed by atoms with E-state index in [4.69, 9.17) is 14.2 Å². The third-order valence-corrected chi connectivity index (χ3v) is 13.3. The van der Waals surface area contributed by atoms with Crippen molar-refractivity contribution in [2.75, 3.05) is 26.4 Å². The Morgan fingerprint density at radius 2 is 0.850 bits per heavy atom. The molecule has 4 aliphatic carbocycles. The Kier molecular flexibility index (Phi) is 27.6. The molecule has 4 aliphatic rings. The Morgan fingerprint density at radius 3 is 1.23 bits per heavy atom. The van der Waals surface area contributed by atoms with E-state index in [-0.39, 0.29) is 43.1 Å². The number of esters is 3. The molecule has 4 rings (SSSR count). The highest BCUT2D eigenvalue weighted by atomic mass is 16.6. The lowest BCUT2D eigenvalue weighted by Gasteiger charge is -2.56. The molecular weight excluding hydrogens is 749 g/mol. The van der Waals surface area contributed by atoms with E-state index >= 15 is 0 Å². The first kappa shape index (κ1) is 51.7. The van der Waals surface area contributed by atoms with Crippen LogP contribution in [-0.4, -0.2) is 49.4 Å². The van der Waals surface area contributed by atoms with Crippen molar-refractivity contribution in [3.8, 4) is 0 Å². The summed E-state index contributed by atoms with van der Waals surface area (Å²) in [5.41, 5.74) is -1.16. The van der Waals surface area contributed by atoms with E-state index in [2.05, 4.69) is 62.5 Å². The molecule has 342 valence electrons. The van der Waals surface area contributed by atoms with Gasteiger partial charge in [0.15, 0.2) is 0 Å². The molecule has 0 unspecified atom stereocenters. The van der Waals surface area contributed by atoms with Gasteiger partial charge < -0.3 is 19.3 Å². The van der Waals surface area contributed by atoms with Crippen molar-refractivity contribution >= 4 is 17.9 Å². The van der Waals surface area contributed by atoms with Crippen LogP contribution in [0.3, 0.4) is 0 Å². The molecule has 0 aromatic heterocycles. The molecule has 0 aliphatic heterocycles. The van der Waals surface area contributed by atoms with Crippen molar-refractivity contribution in [2.24, 2.45) is 28.6 Å². The van der Waals surface area contributed by atoms with E-state index in [1.54, 1.807) is 0 Å². The summed E-state index contributed by atoms with van der Waals surface area (Å²) in [6.45, 7) is 3.57. The maximum absolute atomic E-state index is 13.4. The summed E-state index contributed by atoms with van der Waals surface area (Å²) in [5.74, 6) is 1.27. The molecule has 0 radical (unpaired) electrons. The second-order valence-corrected chi connectivity index (χ2v) is 19.2. The van der Waals surface area contributed by atoms with Gasteiger partial charge in [0.05, 0.1) is 18.4 Å². The van der Waals surface area contributed by atoms with Crippen LogP contribution in [0.25, 0.3) is 0 Å². The van der Waals surface area contributed by atoms with E-state index in [9.17, 15) is 19.5 Å². The monoisotopic (exact) mass is 837 g/mol. The summed E-state index contributed by atoms with van der Waals surface area (Å²) in [7, 11) is 0. The zero-order chi connectivity index (χ0) is 43.0. The zero-order valence-corrected chi connectivity index (χ0v) is 38.5. The van der Waals surface area contributed by atoms with Crippen molar-refractivity contribution in [3.05, 3.63) is 48.6 Å². The summed E-state index contributed by atoms with van der Waals surface area (Å²) in [4.78, 5) is 39.1. The molecule has 0 saturated heterocycles. The van der Waals surface area contributed by atoms with E-state index < -0.39 is 12.0 Å². The van der Waals surface area contributed by atoms with Crippen LogP contribution in [0, 0.1) is 28.6 Å². The average Bonchev–Trinajstić information content (AvgIpc) is 3.23. The van der Waals surface area contributed by atoms with E-state index in [0.717, 1.165) is 127 Å². The summed E-state index contributed by atoms with van der Waals surface area (Å²) in [6.07, 6.45) is 50.8. The smallest absolute Gasteiger partial charge is 0.306 e. The molecule has 7 nitrogen and oxygen atoms in total. The Hall–Kier alpha value is -2.67. The normalized spacial score (nSPS) is 21.3. The zero-order valence-electron chi connectivity index (χ0n) is 38.5. The SMILES string of the molecule is CCCCC/C=C\C/C=C\CCCCCCCC(=O)OCC(CO)(COC(=O)CCCCCCC/C=C\C/C=C\CCCCC)COC(=O)CC12CC3CC(CC(C3)C1)C2. The lowest BCUT2D eigenvalue weighted by molar-refractivity contribution is -0.168. The maximum atomic E-state index is 13.4. The molecule has 7 heteroatoms. The van der Waals surface area contributed by atoms with Gasteiger partial charge in [-0.2, -0.15) is 0 Å². The Bertz CT molecular complexity index is 1180. The molecular formula is C53H88O7. The van der Waals surface area contributed by atoms with E-state index in [0.29, 0.717) is 19.3 Å². The number of unbranched alkanes of at least 4 members (excludes halogenated alkanes) is 16. The van der Waals surface area contributed by atoms with Gasteiger partial charge in [-0.3, -0.25) is 14.4 Å². The van der Waals surface area contributed by atoms with Crippen LogP contribution in [-0.2, 0) is 28.6 Å². The average molecular weight is 837 g/mol. The van der Waals surface area contributed by atoms with Gasteiger partial charge in [-0.25, -0.2) is 0 Å². The lowest BCUT2D eigenvalue weighted by atomic mass is 9.49. The van der Waals surface area contributed by atoms with Gasteiger partial charge in [0.2, 0.25) is 0 Å².